The van der Waals surface area contributed by atoms with Crippen LogP contribution in [-0.4, -0.2) is 24.9 Å². The molecule has 0 bridgehead atoms. The maximum Gasteiger partial charge on any atom is 0.246 e. The van der Waals surface area contributed by atoms with Gasteiger partial charge < -0.3 is 10.4 Å². The Morgan fingerprint density at radius 2 is 1.93 bits per heavy atom. The number of aromatic nitrogens is 4. The summed E-state index contributed by atoms with van der Waals surface area (Å²) >= 11 is 1.57. The highest BCUT2D eigenvalue weighted by atomic mass is 32.1. The number of para-hydroxylation sites is 1. The third-order valence-electron chi connectivity index (χ3n) is 5.22. The van der Waals surface area contributed by atoms with Gasteiger partial charge in [0.1, 0.15) is 16.9 Å². The molecule has 7 heteroatoms. The fourth-order valence-electron chi connectivity index (χ4n) is 3.50. The SMILES string of the molecule is Cc1cc(Nc2ncn(-c3ccccc3)n2)cc(-c2cnc(C3(O)CCC3)s2)c1. The minimum atomic E-state index is -0.720. The molecule has 0 saturated heterocycles. The van der Waals surface area contributed by atoms with Gasteiger partial charge in [-0.3, -0.25) is 0 Å². The van der Waals surface area contributed by atoms with Gasteiger partial charge in [0.25, 0.3) is 0 Å². The van der Waals surface area contributed by atoms with E-state index in [-0.39, 0.29) is 0 Å². The Kier molecular flexibility index (Phi) is 4.41. The standard InChI is InChI=1S/C22H21N5OS/c1-15-10-16(19-13-23-20(29-19)22(28)8-5-9-22)12-17(11-15)25-21-24-14-27(26-21)18-6-3-2-4-7-18/h2-4,6-7,10-14,28H,5,8-9H2,1H3,(H,25,26). The molecule has 2 aromatic heterocycles. The van der Waals surface area contributed by atoms with E-state index in [0.717, 1.165) is 51.6 Å². The van der Waals surface area contributed by atoms with E-state index in [9.17, 15) is 5.11 Å². The third-order valence-corrected chi connectivity index (χ3v) is 6.45. The first-order chi connectivity index (χ1) is 14.1. The Balaban J connectivity index is 1.40. The average Bonchev–Trinajstić information content (AvgIpc) is 3.36. The first kappa shape index (κ1) is 18.0. The average molecular weight is 404 g/mol. The number of hydrogen-bond acceptors (Lipinski definition) is 6. The maximum atomic E-state index is 10.6. The molecule has 146 valence electrons. The summed E-state index contributed by atoms with van der Waals surface area (Å²) in [5.41, 5.74) is 3.36. The molecular formula is C22H21N5OS. The van der Waals surface area contributed by atoms with E-state index >= 15 is 0 Å². The molecule has 1 saturated carbocycles. The molecular weight excluding hydrogens is 382 g/mol. The van der Waals surface area contributed by atoms with Crippen LogP contribution in [0.4, 0.5) is 11.6 Å². The molecule has 1 aliphatic rings. The molecule has 0 amide bonds. The van der Waals surface area contributed by atoms with E-state index in [1.165, 1.54) is 0 Å². The Hall–Kier alpha value is -3.03. The number of anilines is 2. The molecule has 0 spiro atoms. The molecule has 2 aromatic carbocycles. The fraction of sp³-hybridized carbons (Fsp3) is 0.227. The predicted octanol–water partition coefficient (Wildman–Crippen LogP) is 4.81. The van der Waals surface area contributed by atoms with Gasteiger partial charge in [0, 0.05) is 11.9 Å². The molecule has 2 heterocycles. The summed E-state index contributed by atoms with van der Waals surface area (Å²) in [6.45, 7) is 2.06. The van der Waals surface area contributed by atoms with E-state index in [1.54, 1.807) is 22.3 Å². The Morgan fingerprint density at radius 1 is 1.10 bits per heavy atom. The highest BCUT2D eigenvalue weighted by molar-refractivity contribution is 7.15. The van der Waals surface area contributed by atoms with Crippen LogP contribution in [0.5, 0.6) is 0 Å². The summed E-state index contributed by atoms with van der Waals surface area (Å²) in [5, 5.41) is 19.2. The minimum Gasteiger partial charge on any atom is -0.383 e. The van der Waals surface area contributed by atoms with Gasteiger partial charge in [0.15, 0.2) is 0 Å². The van der Waals surface area contributed by atoms with Crippen LogP contribution in [0, 0.1) is 6.92 Å². The number of benzene rings is 2. The summed E-state index contributed by atoms with van der Waals surface area (Å²) in [7, 11) is 0. The molecule has 0 radical (unpaired) electrons. The molecule has 29 heavy (non-hydrogen) atoms. The monoisotopic (exact) mass is 403 g/mol. The lowest BCUT2D eigenvalue weighted by Gasteiger charge is -2.34. The predicted molar refractivity (Wildman–Crippen MR) is 115 cm³/mol. The van der Waals surface area contributed by atoms with E-state index < -0.39 is 5.60 Å². The van der Waals surface area contributed by atoms with Gasteiger partial charge in [-0.25, -0.2) is 9.67 Å². The Bertz CT molecular complexity index is 1150. The summed E-state index contributed by atoms with van der Waals surface area (Å²) in [6, 6.07) is 16.2. The van der Waals surface area contributed by atoms with Gasteiger partial charge in [-0.1, -0.05) is 24.3 Å². The Labute approximate surface area is 172 Å². The van der Waals surface area contributed by atoms with Crippen molar-refractivity contribution in [3.63, 3.8) is 0 Å². The van der Waals surface area contributed by atoms with Crippen LogP contribution < -0.4 is 5.32 Å². The number of nitrogens with zero attached hydrogens (tertiary/aromatic N) is 4. The van der Waals surface area contributed by atoms with E-state index in [0.29, 0.717) is 5.95 Å². The van der Waals surface area contributed by atoms with Gasteiger partial charge in [0.05, 0.1) is 10.6 Å². The third kappa shape index (κ3) is 3.54. The largest absolute Gasteiger partial charge is 0.383 e. The lowest BCUT2D eigenvalue weighted by Crippen LogP contribution is -2.33. The number of aryl methyl sites for hydroxylation is 1. The first-order valence-corrected chi connectivity index (χ1v) is 10.5. The van der Waals surface area contributed by atoms with Crippen LogP contribution in [0.25, 0.3) is 16.1 Å². The molecule has 0 aliphatic heterocycles. The second-order valence-corrected chi connectivity index (χ2v) is 8.51. The lowest BCUT2D eigenvalue weighted by molar-refractivity contribution is -0.0389. The van der Waals surface area contributed by atoms with E-state index in [4.69, 9.17) is 0 Å². The highest BCUT2D eigenvalue weighted by Crippen LogP contribution is 2.44. The van der Waals surface area contributed by atoms with Crippen molar-refractivity contribution in [1.82, 2.24) is 19.7 Å². The van der Waals surface area contributed by atoms with Crippen LogP contribution in [0.1, 0.15) is 29.8 Å². The molecule has 0 atom stereocenters. The molecule has 1 aliphatic carbocycles. The minimum absolute atomic E-state index is 0.541. The van der Waals surface area contributed by atoms with Gasteiger partial charge >= 0.3 is 0 Å². The fourth-order valence-corrected chi connectivity index (χ4v) is 4.55. The van der Waals surface area contributed by atoms with E-state index in [2.05, 4.69) is 45.5 Å². The molecule has 4 aromatic rings. The van der Waals surface area contributed by atoms with Gasteiger partial charge in [-0.15, -0.1) is 16.4 Å². The van der Waals surface area contributed by atoms with Crippen molar-refractivity contribution in [2.75, 3.05) is 5.32 Å². The van der Waals surface area contributed by atoms with Crippen molar-refractivity contribution < 1.29 is 5.11 Å². The van der Waals surface area contributed by atoms with Crippen molar-refractivity contribution in [2.24, 2.45) is 0 Å². The molecule has 6 nitrogen and oxygen atoms in total. The van der Waals surface area contributed by atoms with Crippen LogP contribution in [-0.2, 0) is 5.60 Å². The summed E-state index contributed by atoms with van der Waals surface area (Å²) in [6.07, 6.45) is 6.22. The van der Waals surface area contributed by atoms with Crippen molar-refractivity contribution in [2.45, 2.75) is 31.8 Å². The second-order valence-electron chi connectivity index (χ2n) is 7.48. The highest BCUT2D eigenvalue weighted by Gasteiger charge is 2.39. The molecule has 0 unspecified atom stereocenters. The van der Waals surface area contributed by atoms with Gasteiger partial charge in [-0.05, 0) is 61.6 Å². The lowest BCUT2D eigenvalue weighted by atomic mass is 9.81. The molecule has 5 rings (SSSR count). The number of nitrogens with one attached hydrogen (secondary N) is 1. The molecule has 2 N–H and O–H groups in total. The summed E-state index contributed by atoms with van der Waals surface area (Å²) in [4.78, 5) is 9.91. The number of rotatable bonds is 5. The van der Waals surface area contributed by atoms with Gasteiger partial charge in [-0.2, -0.15) is 4.98 Å². The normalized spacial score (nSPS) is 15.1. The Morgan fingerprint density at radius 3 is 2.69 bits per heavy atom. The van der Waals surface area contributed by atoms with Crippen molar-refractivity contribution >= 4 is 23.0 Å². The van der Waals surface area contributed by atoms with Crippen LogP contribution >= 0.6 is 11.3 Å². The van der Waals surface area contributed by atoms with Crippen molar-refractivity contribution in [1.29, 1.82) is 0 Å². The molecule has 1 fully saturated rings. The topological polar surface area (TPSA) is 75.9 Å². The quantitative estimate of drug-likeness (QED) is 0.500. The maximum absolute atomic E-state index is 10.6. The zero-order valence-corrected chi connectivity index (χ0v) is 16.9. The number of thiazole rings is 1. The van der Waals surface area contributed by atoms with E-state index in [1.807, 2.05) is 36.5 Å². The zero-order chi connectivity index (χ0) is 19.8. The second kappa shape index (κ2) is 7.09. The zero-order valence-electron chi connectivity index (χ0n) is 16.0. The van der Waals surface area contributed by atoms with Crippen molar-refractivity contribution in [3.8, 4) is 16.1 Å². The van der Waals surface area contributed by atoms with Gasteiger partial charge in [0.2, 0.25) is 5.95 Å². The summed E-state index contributed by atoms with van der Waals surface area (Å²) in [5.74, 6) is 0.541. The van der Waals surface area contributed by atoms with Crippen molar-refractivity contribution in [3.05, 3.63) is 71.6 Å². The number of aliphatic hydroxyl groups is 1. The number of hydrogen-bond donors (Lipinski definition) is 2. The van der Waals surface area contributed by atoms with Crippen LogP contribution in [0.2, 0.25) is 0 Å². The first-order valence-electron chi connectivity index (χ1n) is 9.64. The van der Waals surface area contributed by atoms with Crippen LogP contribution in [0.15, 0.2) is 61.1 Å². The smallest absolute Gasteiger partial charge is 0.246 e. The van der Waals surface area contributed by atoms with Crippen LogP contribution in [0.3, 0.4) is 0 Å². The summed E-state index contributed by atoms with van der Waals surface area (Å²) < 4.78 is 1.74.